The predicted molar refractivity (Wildman–Crippen MR) is 194 cm³/mol. The molecule has 0 bridgehead atoms. The summed E-state index contributed by atoms with van der Waals surface area (Å²) in [6.07, 6.45) is 11.4. The molecule has 2 aromatic rings. The van der Waals surface area contributed by atoms with E-state index in [4.69, 9.17) is 18.9 Å². The number of benzene rings is 2. The summed E-state index contributed by atoms with van der Waals surface area (Å²) in [7, 11) is 1.53. The van der Waals surface area contributed by atoms with Gasteiger partial charge in [0.25, 0.3) is 0 Å². The van der Waals surface area contributed by atoms with Crippen molar-refractivity contribution in [2.75, 3.05) is 13.7 Å². The number of carbonyl (C=O) groups excluding carboxylic acids is 2. The molecule has 2 heterocycles. The van der Waals surface area contributed by atoms with Gasteiger partial charge in [-0.3, -0.25) is 4.79 Å². The molecule has 274 valence electrons. The van der Waals surface area contributed by atoms with Crippen LogP contribution in [-0.2, 0) is 31.2 Å². The number of phenols is 1. The van der Waals surface area contributed by atoms with E-state index >= 15 is 0 Å². The third kappa shape index (κ3) is 9.77. The van der Waals surface area contributed by atoms with Crippen molar-refractivity contribution in [3.63, 3.8) is 0 Å². The number of esters is 1. The van der Waals surface area contributed by atoms with Crippen LogP contribution in [0.25, 0.3) is 0 Å². The van der Waals surface area contributed by atoms with Gasteiger partial charge >= 0.3 is 5.97 Å². The van der Waals surface area contributed by atoms with E-state index in [-0.39, 0.29) is 53.3 Å². The molecule has 0 aromatic heterocycles. The highest BCUT2D eigenvalue weighted by molar-refractivity contribution is 5.95. The molecule has 1 amide bonds. The quantitative estimate of drug-likeness (QED) is 0.124. The fourth-order valence-electron chi connectivity index (χ4n) is 6.98. The summed E-state index contributed by atoms with van der Waals surface area (Å²) >= 11 is 0. The molecule has 0 unspecified atom stereocenters. The fourth-order valence-corrected chi connectivity index (χ4v) is 6.98. The number of amides is 1. The summed E-state index contributed by atoms with van der Waals surface area (Å²) < 4.78 is 24.5. The Morgan fingerprint density at radius 3 is 2.46 bits per heavy atom. The van der Waals surface area contributed by atoms with Crippen LogP contribution in [0.15, 0.2) is 66.8 Å². The Bertz CT molecular complexity index is 1470. The van der Waals surface area contributed by atoms with Gasteiger partial charge in [0.2, 0.25) is 5.91 Å². The average molecular weight is 692 g/mol. The number of hydrogen-bond donors (Lipinski definition) is 3. The first-order chi connectivity index (χ1) is 23.9. The van der Waals surface area contributed by atoms with Crippen molar-refractivity contribution < 1.29 is 38.7 Å². The van der Waals surface area contributed by atoms with E-state index < -0.39 is 23.8 Å². The lowest BCUT2D eigenvalue weighted by Crippen LogP contribution is -2.51. The number of aromatic hydroxyl groups is 1. The lowest BCUT2D eigenvalue weighted by atomic mass is 9.83. The van der Waals surface area contributed by atoms with Crippen LogP contribution in [0.4, 0.5) is 0 Å². The van der Waals surface area contributed by atoms with Crippen molar-refractivity contribution in [1.29, 1.82) is 0 Å². The van der Waals surface area contributed by atoms with Crippen LogP contribution in [0.3, 0.4) is 0 Å². The topological polar surface area (TPSA) is 124 Å². The summed E-state index contributed by atoms with van der Waals surface area (Å²) in [5.74, 6) is -1.25. The van der Waals surface area contributed by atoms with Crippen LogP contribution in [0, 0.1) is 23.7 Å². The zero-order chi connectivity index (χ0) is 36.4. The Morgan fingerprint density at radius 2 is 1.76 bits per heavy atom. The maximum Gasteiger partial charge on any atom is 0.342 e. The molecule has 0 spiro atoms. The first-order valence-corrected chi connectivity index (χ1v) is 18.2. The van der Waals surface area contributed by atoms with E-state index in [2.05, 4.69) is 44.3 Å². The molecule has 0 saturated carbocycles. The Labute approximate surface area is 298 Å². The van der Waals surface area contributed by atoms with Gasteiger partial charge in [-0.15, -0.1) is 0 Å². The number of aliphatic hydroxyl groups is 1. The number of hydrogen-bond acceptors (Lipinski definition) is 8. The summed E-state index contributed by atoms with van der Waals surface area (Å²) in [6, 6.07) is 13.3. The van der Waals surface area contributed by atoms with Crippen LogP contribution >= 0.6 is 0 Å². The van der Waals surface area contributed by atoms with Gasteiger partial charge in [-0.05, 0) is 56.1 Å². The van der Waals surface area contributed by atoms with Gasteiger partial charge in [0.05, 0.1) is 31.3 Å². The summed E-state index contributed by atoms with van der Waals surface area (Å²) in [6.45, 7) is 12.6. The standard InChI is InChI=1S/C41H57NO8/c1-8-16-33(43)28(4)39(45)42-22-15-14-18-27(3)38-29(5)35(49-41(6,50-38)31-19-10-9-11-20-31)21-13-12-17-26(2)36-24-30-23-32(47-7)25-34(44)37(30)40(46)48-36/h9-15,19-20,23,25-29,33,35-36,38,43-44H,8,16-18,21-22,24H2,1-7H3,(H,42,45)/b13-12-,15-14-/t26-,27+,28+,29+,33-,35-,36+,38+,41-/m0/s1. The fraction of sp³-hybridized carbons (Fsp3) is 0.561. The molecular weight excluding hydrogens is 634 g/mol. The molecule has 9 atom stereocenters. The van der Waals surface area contributed by atoms with Gasteiger partial charge in [-0.1, -0.05) is 95.7 Å². The zero-order valence-electron chi connectivity index (χ0n) is 30.8. The second-order valence-corrected chi connectivity index (χ2v) is 14.2. The number of allylic oxidation sites excluding steroid dienone is 2. The van der Waals surface area contributed by atoms with E-state index in [0.29, 0.717) is 38.0 Å². The van der Waals surface area contributed by atoms with Gasteiger partial charge in [0.15, 0.2) is 5.79 Å². The Morgan fingerprint density at radius 1 is 1.06 bits per heavy atom. The normalized spacial score (nSPS) is 26.2. The van der Waals surface area contributed by atoms with E-state index in [0.717, 1.165) is 24.0 Å². The zero-order valence-corrected chi connectivity index (χ0v) is 30.8. The number of methoxy groups -OCH3 is 1. The van der Waals surface area contributed by atoms with Gasteiger partial charge in [0.1, 0.15) is 23.2 Å². The molecule has 0 aliphatic carbocycles. The lowest BCUT2D eigenvalue weighted by molar-refractivity contribution is -0.343. The monoisotopic (exact) mass is 691 g/mol. The largest absolute Gasteiger partial charge is 0.507 e. The Balaban J connectivity index is 1.37. The molecule has 1 fully saturated rings. The van der Waals surface area contributed by atoms with E-state index in [1.54, 1.807) is 13.0 Å². The van der Waals surface area contributed by atoms with Crippen LogP contribution in [0.2, 0.25) is 0 Å². The summed E-state index contributed by atoms with van der Waals surface area (Å²) in [4.78, 5) is 25.2. The summed E-state index contributed by atoms with van der Waals surface area (Å²) in [5, 5.41) is 23.4. The van der Waals surface area contributed by atoms with Gasteiger partial charge < -0.3 is 34.5 Å². The third-order valence-corrected chi connectivity index (χ3v) is 10.3. The molecule has 50 heavy (non-hydrogen) atoms. The van der Waals surface area contributed by atoms with Crippen molar-refractivity contribution >= 4 is 11.9 Å². The number of phenolic OH excluding ortho intramolecular Hbond substituents is 1. The van der Waals surface area contributed by atoms with Crippen molar-refractivity contribution in [3.8, 4) is 11.5 Å². The highest BCUT2D eigenvalue weighted by atomic mass is 16.7. The number of cyclic esters (lactones) is 1. The first kappa shape index (κ1) is 39.1. The number of carbonyl (C=O) groups is 2. The molecule has 3 N–H and O–H groups in total. The molecule has 2 aromatic carbocycles. The highest BCUT2D eigenvalue weighted by Gasteiger charge is 2.45. The van der Waals surface area contributed by atoms with Crippen molar-refractivity contribution in [1.82, 2.24) is 5.32 Å². The lowest BCUT2D eigenvalue weighted by Gasteiger charge is -2.48. The average Bonchev–Trinajstić information content (AvgIpc) is 3.10. The van der Waals surface area contributed by atoms with Crippen molar-refractivity contribution in [2.24, 2.45) is 23.7 Å². The minimum absolute atomic E-state index is 0.0632. The van der Waals surface area contributed by atoms with E-state index in [1.807, 2.05) is 50.3 Å². The highest BCUT2D eigenvalue weighted by Crippen LogP contribution is 2.42. The molecule has 4 rings (SSSR count). The molecule has 0 radical (unpaired) electrons. The molecule has 9 heteroatoms. The Hall–Kier alpha value is -3.66. The SMILES string of the molecule is CCC[C@H](O)[C@@H](C)C(=O)NC/C=C\C[C@@H](C)[C@H]1O[C@@](C)(c2ccccc2)O[C@@H](C/C=C\C[C@H](C)[C@H]2Cc3cc(OC)cc(O)c3C(=O)O2)[C@H]1C. The third-order valence-electron chi connectivity index (χ3n) is 10.3. The van der Waals surface area contributed by atoms with Crippen LogP contribution in [0.5, 0.6) is 11.5 Å². The number of rotatable bonds is 16. The van der Waals surface area contributed by atoms with Gasteiger partial charge in [-0.25, -0.2) is 4.79 Å². The number of aliphatic hydroxyl groups excluding tert-OH is 1. The minimum Gasteiger partial charge on any atom is -0.507 e. The molecule has 2 aliphatic heterocycles. The van der Waals surface area contributed by atoms with E-state index in [9.17, 15) is 19.8 Å². The van der Waals surface area contributed by atoms with Crippen molar-refractivity contribution in [3.05, 3.63) is 83.5 Å². The van der Waals surface area contributed by atoms with Gasteiger partial charge in [-0.2, -0.15) is 0 Å². The predicted octanol–water partition coefficient (Wildman–Crippen LogP) is 7.24. The maximum atomic E-state index is 12.8. The smallest absolute Gasteiger partial charge is 0.342 e. The number of fused-ring (bicyclic) bond motifs is 1. The second kappa shape index (κ2) is 18.0. The van der Waals surface area contributed by atoms with Crippen LogP contribution in [-0.4, -0.2) is 60.2 Å². The Kier molecular flexibility index (Phi) is 14.1. The molecular formula is C41H57NO8. The van der Waals surface area contributed by atoms with Crippen molar-refractivity contribution in [2.45, 2.75) is 110 Å². The summed E-state index contributed by atoms with van der Waals surface area (Å²) in [5.41, 5.74) is 1.92. The maximum absolute atomic E-state index is 12.8. The number of ether oxygens (including phenoxy) is 4. The van der Waals surface area contributed by atoms with Crippen LogP contribution in [0.1, 0.15) is 95.1 Å². The first-order valence-electron chi connectivity index (χ1n) is 18.2. The second-order valence-electron chi connectivity index (χ2n) is 14.2. The molecule has 1 saturated heterocycles. The molecule has 9 nitrogen and oxygen atoms in total. The van der Waals surface area contributed by atoms with E-state index in [1.165, 1.54) is 13.2 Å². The minimum atomic E-state index is -0.915. The number of nitrogens with one attached hydrogen (secondary N) is 1. The van der Waals surface area contributed by atoms with Crippen LogP contribution < -0.4 is 10.1 Å². The molecule has 2 aliphatic rings. The van der Waals surface area contributed by atoms with Gasteiger partial charge in [0, 0.05) is 30.5 Å².